The second-order valence-electron chi connectivity index (χ2n) is 6.92. The molecule has 4 heteroatoms. The molecule has 146 valence electrons. The Morgan fingerprint density at radius 2 is 0.857 bits per heavy atom. The van der Waals surface area contributed by atoms with Gasteiger partial charge < -0.3 is 0 Å². The molecule has 0 N–H and O–H groups in total. The molecule has 0 heterocycles. The van der Waals surface area contributed by atoms with Crippen LogP contribution in [0, 0.1) is 0 Å². The average molecular weight is 378 g/mol. The van der Waals surface area contributed by atoms with E-state index in [-0.39, 0.29) is 36.0 Å². The number of hydrogen-bond donors (Lipinski definition) is 0. The third-order valence-corrected chi connectivity index (χ3v) is 4.57. The van der Waals surface area contributed by atoms with Crippen molar-refractivity contribution in [3.8, 4) is 0 Å². The fraction of sp³-hybridized carbons (Fsp3) is 0.333. The summed E-state index contributed by atoms with van der Waals surface area (Å²) in [6.45, 7) is 0. The quantitative estimate of drug-likeness (QED) is 0.279. The van der Waals surface area contributed by atoms with Crippen LogP contribution in [0.1, 0.15) is 72.1 Å². The zero-order chi connectivity index (χ0) is 20.2. The Hall–Kier alpha value is -2.88. The largest absolute Gasteiger partial charge is 0.299 e. The van der Waals surface area contributed by atoms with Gasteiger partial charge in [-0.25, -0.2) is 0 Å². The number of hydrogen-bond acceptors (Lipinski definition) is 4. The van der Waals surface area contributed by atoms with Gasteiger partial charge in [0.05, 0.1) is 12.8 Å². The van der Waals surface area contributed by atoms with Gasteiger partial charge in [0.2, 0.25) is 0 Å². The molecule has 0 aliphatic heterocycles. The Kier molecular flexibility index (Phi) is 8.99. The number of rotatable bonds is 13. The Morgan fingerprint density at radius 3 is 1.21 bits per heavy atom. The lowest BCUT2D eigenvalue weighted by Gasteiger charge is -2.03. The first kappa shape index (κ1) is 21.4. The number of unbranched alkanes of at least 4 members (excludes halogenated alkanes) is 3. The molecule has 0 radical (unpaired) electrons. The van der Waals surface area contributed by atoms with E-state index in [0.717, 1.165) is 25.7 Å². The minimum Gasteiger partial charge on any atom is -0.299 e. The van der Waals surface area contributed by atoms with E-state index in [2.05, 4.69) is 0 Å². The van der Waals surface area contributed by atoms with E-state index in [9.17, 15) is 19.2 Å². The van der Waals surface area contributed by atoms with Crippen LogP contribution >= 0.6 is 0 Å². The van der Waals surface area contributed by atoms with Gasteiger partial charge in [-0.05, 0) is 12.8 Å². The zero-order valence-corrected chi connectivity index (χ0v) is 16.1. The molecule has 0 aliphatic rings. The standard InChI is InChI=1S/C24H26O4/c25-21(17-23(27)19-11-5-3-6-12-19)15-9-1-2-10-16-22(26)18-24(28)20-13-7-4-8-14-20/h3-8,11-14H,1-2,9-10,15-18H2. The van der Waals surface area contributed by atoms with Crippen LogP contribution < -0.4 is 0 Å². The van der Waals surface area contributed by atoms with Crippen LogP contribution in [0.25, 0.3) is 0 Å². The van der Waals surface area contributed by atoms with Crippen molar-refractivity contribution in [1.82, 2.24) is 0 Å². The molecule has 0 saturated heterocycles. The molecule has 2 rings (SSSR count). The highest BCUT2D eigenvalue weighted by molar-refractivity contribution is 6.08. The van der Waals surface area contributed by atoms with E-state index < -0.39 is 0 Å². The Balaban J connectivity index is 1.54. The van der Waals surface area contributed by atoms with Crippen molar-refractivity contribution in [3.63, 3.8) is 0 Å². The summed E-state index contributed by atoms with van der Waals surface area (Å²) in [5.41, 5.74) is 1.14. The fourth-order valence-corrected chi connectivity index (χ4v) is 2.99. The highest BCUT2D eigenvalue weighted by Crippen LogP contribution is 2.11. The second-order valence-corrected chi connectivity index (χ2v) is 6.92. The Morgan fingerprint density at radius 1 is 0.500 bits per heavy atom. The van der Waals surface area contributed by atoms with Crippen LogP contribution in [0.3, 0.4) is 0 Å². The molecule has 4 nitrogen and oxygen atoms in total. The maximum absolute atomic E-state index is 12.0. The molecule has 0 atom stereocenters. The van der Waals surface area contributed by atoms with Crippen molar-refractivity contribution in [2.24, 2.45) is 0 Å². The minimum atomic E-state index is -0.140. The van der Waals surface area contributed by atoms with Gasteiger partial charge in [-0.1, -0.05) is 73.5 Å². The Labute approximate surface area is 166 Å². The van der Waals surface area contributed by atoms with Gasteiger partial charge in [0.25, 0.3) is 0 Å². The van der Waals surface area contributed by atoms with E-state index in [1.165, 1.54) is 0 Å². The van der Waals surface area contributed by atoms with E-state index in [0.29, 0.717) is 24.0 Å². The minimum absolute atomic E-state index is 0.0432. The van der Waals surface area contributed by atoms with Gasteiger partial charge in [0.1, 0.15) is 11.6 Å². The van der Waals surface area contributed by atoms with Crippen molar-refractivity contribution in [1.29, 1.82) is 0 Å². The van der Waals surface area contributed by atoms with E-state index >= 15 is 0 Å². The monoisotopic (exact) mass is 378 g/mol. The van der Waals surface area contributed by atoms with Crippen LogP contribution in [0.2, 0.25) is 0 Å². The normalized spacial score (nSPS) is 10.4. The van der Waals surface area contributed by atoms with Crippen molar-refractivity contribution in [2.75, 3.05) is 0 Å². The lowest BCUT2D eigenvalue weighted by Crippen LogP contribution is -2.08. The summed E-state index contributed by atoms with van der Waals surface area (Å²) in [6.07, 6.45) is 3.79. The molecule has 0 aromatic heterocycles. The molecule has 0 unspecified atom stereocenters. The van der Waals surface area contributed by atoms with E-state index in [1.54, 1.807) is 48.5 Å². The van der Waals surface area contributed by atoms with Crippen molar-refractivity contribution in [2.45, 2.75) is 51.4 Å². The summed E-state index contributed by atoms with van der Waals surface area (Å²) >= 11 is 0. The van der Waals surface area contributed by atoms with E-state index in [4.69, 9.17) is 0 Å². The second kappa shape index (κ2) is 11.8. The predicted octanol–water partition coefficient (Wildman–Crippen LogP) is 5.01. The molecule has 28 heavy (non-hydrogen) atoms. The highest BCUT2D eigenvalue weighted by atomic mass is 16.2. The average Bonchev–Trinajstić information content (AvgIpc) is 2.71. The molecular weight excluding hydrogens is 352 g/mol. The molecule has 0 bridgehead atoms. The van der Waals surface area contributed by atoms with Crippen LogP contribution in [0.5, 0.6) is 0 Å². The number of Topliss-reactive ketones (excluding diaryl/α,β-unsaturated/α-hetero) is 4. The predicted molar refractivity (Wildman–Crippen MR) is 108 cm³/mol. The smallest absolute Gasteiger partial charge is 0.170 e. The molecule has 0 fully saturated rings. The summed E-state index contributed by atoms with van der Waals surface area (Å²) in [7, 11) is 0. The van der Waals surface area contributed by atoms with Gasteiger partial charge in [0, 0.05) is 24.0 Å². The Bertz CT molecular complexity index is 724. The summed E-state index contributed by atoms with van der Waals surface area (Å²) < 4.78 is 0. The number of carbonyl (C=O) groups is 4. The molecule has 0 spiro atoms. The molecule has 0 aliphatic carbocycles. The van der Waals surface area contributed by atoms with Gasteiger partial charge in [-0.3, -0.25) is 19.2 Å². The van der Waals surface area contributed by atoms with Crippen LogP contribution in [-0.4, -0.2) is 23.1 Å². The first-order valence-electron chi connectivity index (χ1n) is 9.76. The number of carbonyl (C=O) groups excluding carboxylic acids is 4. The van der Waals surface area contributed by atoms with Gasteiger partial charge in [-0.2, -0.15) is 0 Å². The highest BCUT2D eigenvalue weighted by Gasteiger charge is 2.12. The zero-order valence-electron chi connectivity index (χ0n) is 16.1. The third kappa shape index (κ3) is 7.78. The van der Waals surface area contributed by atoms with Crippen molar-refractivity contribution in [3.05, 3.63) is 71.8 Å². The lowest BCUT2D eigenvalue weighted by molar-refractivity contribution is -0.119. The van der Waals surface area contributed by atoms with Gasteiger partial charge in [0.15, 0.2) is 11.6 Å². The van der Waals surface area contributed by atoms with Gasteiger partial charge in [-0.15, -0.1) is 0 Å². The number of ketones is 4. The van der Waals surface area contributed by atoms with Crippen LogP contribution in [0.15, 0.2) is 60.7 Å². The maximum Gasteiger partial charge on any atom is 0.170 e. The topological polar surface area (TPSA) is 68.3 Å². The summed E-state index contributed by atoms with van der Waals surface area (Å²) in [5.74, 6) is -0.365. The number of benzene rings is 2. The summed E-state index contributed by atoms with van der Waals surface area (Å²) in [6, 6.07) is 17.7. The maximum atomic E-state index is 12.0. The summed E-state index contributed by atoms with van der Waals surface area (Å²) in [5, 5.41) is 0. The molecule has 0 saturated carbocycles. The first-order chi connectivity index (χ1) is 13.6. The lowest BCUT2D eigenvalue weighted by atomic mass is 10.0. The van der Waals surface area contributed by atoms with Crippen molar-refractivity contribution < 1.29 is 19.2 Å². The fourth-order valence-electron chi connectivity index (χ4n) is 2.99. The third-order valence-electron chi connectivity index (χ3n) is 4.57. The molecular formula is C24H26O4. The SMILES string of the molecule is O=C(CCCCCCC(=O)CC(=O)c1ccccc1)CC(=O)c1ccccc1. The van der Waals surface area contributed by atoms with E-state index in [1.807, 2.05) is 12.1 Å². The van der Waals surface area contributed by atoms with Crippen LogP contribution in [-0.2, 0) is 9.59 Å². The molecule has 0 amide bonds. The van der Waals surface area contributed by atoms with Crippen LogP contribution in [0.4, 0.5) is 0 Å². The van der Waals surface area contributed by atoms with Gasteiger partial charge >= 0.3 is 0 Å². The first-order valence-corrected chi connectivity index (χ1v) is 9.76. The molecule has 2 aromatic carbocycles. The van der Waals surface area contributed by atoms with Crippen molar-refractivity contribution >= 4 is 23.1 Å². The summed E-state index contributed by atoms with van der Waals surface area (Å²) in [4.78, 5) is 47.8. The molecule has 2 aromatic rings.